The first-order chi connectivity index (χ1) is 14.0. The second kappa shape index (κ2) is 10.8. The first-order valence-electron chi connectivity index (χ1n) is 9.33. The van der Waals surface area contributed by atoms with E-state index in [-0.39, 0.29) is 0 Å². The quantitative estimate of drug-likeness (QED) is 0.256. The number of nitrogens with zero attached hydrogens (tertiary/aromatic N) is 1. The number of carbonyl (C=O) groups is 1. The van der Waals surface area contributed by atoms with Gasteiger partial charge in [-0.25, -0.2) is 5.84 Å². The van der Waals surface area contributed by atoms with Gasteiger partial charge in [-0.1, -0.05) is 18.2 Å². The molecule has 0 saturated heterocycles. The summed E-state index contributed by atoms with van der Waals surface area (Å²) >= 11 is 0. The molecule has 2 aromatic carbocycles. The zero-order chi connectivity index (χ0) is 21.2. The predicted molar refractivity (Wildman–Crippen MR) is 118 cm³/mol. The number of amides is 1. The molecule has 0 saturated carbocycles. The highest BCUT2D eigenvalue weighted by Gasteiger charge is 2.08. The maximum absolute atomic E-state index is 8.94. The third kappa shape index (κ3) is 6.05. The molecule has 1 amide bonds. The maximum Gasteiger partial charge on any atom is 0.221 e. The first kappa shape index (κ1) is 21.9. The van der Waals surface area contributed by atoms with E-state index in [9.17, 15) is 0 Å². The van der Waals surface area contributed by atoms with Gasteiger partial charge in [-0.15, -0.1) is 0 Å². The van der Waals surface area contributed by atoms with Crippen molar-refractivity contribution >= 4 is 12.1 Å². The van der Waals surface area contributed by atoms with Crippen LogP contribution in [-0.4, -0.2) is 18.4 Å². The number of hydrogen-bond donors (Lipinski definition) is 3. The van der Waals surface area contributed by atoms with Crippen molar-refractivity contribution in [1.82, 2.24) is 10.4 Å². The molecule has 3 aromatic rings. The molecule has 4 N–H and O–H groups in total. The largest absolute Gasteiger partial charge is 0.489 e. The van der Waals surface area contributed by atoms with Gasteiger partial charge in [-0.2, -0.15) is 0 Å². The minimum absolute atomic E-state index is 0.403. The van der Waals surface area contributed by atoms with Gasteiger partial charge < -0.3 is 10.1 Å². The summed E-state index contributed by atoms with van der Waals surface area (Å²) in [6, 6.07) is 18.6. The van der Waals surface area contributed by atoms with Crippen LogP contribution in [0, 0.1) is 20.8 Å². The molecule has 152 valence electrons. The Bertz CT molecular complexity index is 957. The standard InChI is InChI=1S/C22H24N2O.CH4N2O/c1-15-7-5-10-21(23-4)19(15)14-25-22-12-11-18(13-16(22)2)20-9-6-8-17(3)24-20;2-3-1-4/h5-13,23H,14H2,1-4H3;1H,2H2,(H,3,4). The Labute approximate surface area is 172 Å². The predicted octanol–water partition coefficient (Wildman–Crippen LogP) is 3.90. The summed E-state index contributed by atoms with van der Waals surface area (Å²) in [7, 11) is 1.94. The number of rotatable bonds is 6. The number of aromatic nitrogens is 1. The van der Waals surface area contributed by atoms with Crippen LogP contribution in [-0.2, 0) is 11.4 Å². The van der Waals surface area contributed by atoms with Gasteiger partial charge in [0.2, 0.25) is 6.41 Å². The fraction of sp³-hybridized carbons (Fsp3) is 0.217. The van der Waals surface area contributed by atoms with E-state index in [0.717, 1.165) is 34.0 Å². The number of pyridine rings is 1. The third-order valence-electron chi connectivity index (χ3n) is 4.48. The Kier molecular flexibility index (Phi) is 8.18. The van der Waals surface area contributed by atoms with Gasteiger partial charge >= 0.3 is 0 Å². The van der Waals surface area contributed by atoms with Gasteiger partial charge in [-0.05, 0) is 68.3 Å². The molecule has 3 rings (SSSR count). The lowest BCUT2D eigenvalue weighted by molar-refractivity contribution is -0.109. The zero-order valence-corrected chi connectivity index (χ0v) is 17.3. The first-order valence-corrected chi connectivity index (χ1v) is 9.33. The zero-order valence-electron chi connectivity index (χ0n) is 17.3. The maximum atomic E-state index is 8.94. The van der Waals surface area contributed by atoms with E-state index in [2.05, 4.69) is 60.3 Å². The summed E-state index contributed by atoms with van der Waals surface area (Å²) in [6.07, 6.45) is 0.403. The summed E-state index contributed by atoms with van der Waals surface area (Å²) in [5.41, 5.74) is 9.51. The molecule has 0 aliphatic heterocycles. The van der Waals surface area contributed by atoms with Gasteiger partial charge in [0.05, 0.1) is 5.69 Å². The number of hydrogen-bond acceptors (Lipinski definition) is 5. The SMILES string of the molecule is CNc1cccc(C)c1COc1ccc(-c2cccc(C)n2)cc1C.NNC=O. The van der Waals surface area contributed by atoms with Crippen molar-refractivity contribution in [2.45, 2.75) is 27.4 Å². The number of anilines is 1. The number of carbonyl (C=O) groups excluding carboxylic acids is 1. The number of aryl methyl sites for hydroxylation is 3. The van der Waals surface area contributed by atoms with Crippen LogP contribution in [0.3, 0.4) is 0 Å². The van der Waals surface area contributed by atoms with E-state index in [1.54, 1.807) is 5.43 Å². The lowest BCUT2D eigenvalue weighted by Gasteiger charge is -2.15. The molecule has 1 heterocycles. The smallest absolute Gasteiger partial charge is 0.221 e. The second-order valence-electron chi connectivity index (χ2n) is 6.57. The van der Waals surface area contributed by atoms with Crippen LogP contribution in [0.15, 0.2) is 54.6 Å². The highest BCUT2D eigenvalue weighted by Crippen LogP contribution is 2.27. The Morgan fingerprint density at radius 1 is 1.03 bits per heavy atom. The van der Waals surface area contributed by atoms with E-state index in [1.807, 2.05) is 38.2 Å². The van der Waals surface area contributed by atoms with Crippen molar-refractivity contribution in [3.05, 3.63) is 77.0 Å². The molecule has 0 unspecified atom stereocenters. The van der Waals surface area contributed by atoms with Gasteiger partial charge in [0, 0.05) is 29.6 Å². The molecular formula is C23H28N4O2. The molecule has 0 aliphatic carbocycles. The Hall–Kier alpha value is -3.38. The lowest BCUT2D eigenvalue weighted by Crippen LogP contribution is -2.18. The van der Waals surface area contributed by atoms with E-state index < -0.39 is 0 Å². The summed E-state index contributed by atoms with van der Waals surface area (Å²) in [6.45, 7) is 6.74. The van der Waals surface area contributed by atoms with E-state index in [4.69, 9.17) is 9.53 Å². The van der Waals surface area contributed by atoms with Crippen LogP contribution in [0.4, 0.5) is 5.69 Å². The Morgan fingerprint density at radius 3 is 2.38 bits per heavy atom. The minimum Gasteiger partial charge on any atom is -0.489 e. The Morgan fingerprint density at radius 2 is 1.76 bits per heavy atom. The topological polar surface area (TPSA) is 89.3 Å². The van der Waals surface area contributed by atoms with Crippen molar-refractivity contribution in [3.8, 4) is 17.0 Å². The summed E-state index contributed by atoms with van der Waals surface area (Å²) < 4.78 is 6.10. The number of benzene rings is 2. The lowest BCUT2D eigenvalue weighted by atomic mass is 10.1. The third-order valence-corrected chi connectivity index (χ3v) is 4.48. The fourth-order valence-electron chi connectivity index (χ4n) is 2.95. The average molecular weight is 393 g/mol. The molecule has 0 bridgehead atoms. The molecule has 1 aromatic heterocycles. The van der Waals surface area contributed by atoms with Gasteiger partial charge in [0.15, 0.2) is 0 Å². The van der Waals surface area contributed by atoms with Crippen LogP contribution in [0.25, 0.3) is 11.3 Å². The molecule has 0 spiro atoms. The van der Waals surface area contributed by atoms with Crippen molar-refractivity contribution in [2.75, 3.05) is 12.4 Å². The number of ether oxygens (including phenoxy) is 1. The normalized spacial score (nSPS) is 9.83. The molecular weight excluding hydrogens is 364 g/mol. The van der Waals surface area contributed by atoms with Crippen molar-refractivity contribution in [3.63, 3.8) is 0 Å². The number of hydrazine groups is 1. The van der Waals surface area contributed by atoms with Gasteiger partial charge in [-0.3, -0.25) is 15.2 Å². The summed E-state index contributed by atoms with van der Waals surface area (Å²) in [5, 5.41) is 3.23. The van der Waals surface area contributed by atoms with E-state index >= 15 is 0 Å². The Balaban J connectivity index is 0.000000687. The van der Waals surface area contributed by atoms with Crippen LogP contribution in [0.1, 0.15) is 22.4 Å². The average Bonchev–Trinajstić information content (AvgIpc) is 2.73. The molecule has 0 radical (unpaired) electrons. The second-order valence-corrected chi connectivity index (χ2v) is 6.57. The highest BCUT2D eigenvalue weighted by molar-refractivity contribution is 5.62. The van der Waals surface area contributed by atoms with Crippen LogP contribution >= 0.6 is 0 Å². The van der Waals surface area contributed by atoms with E-state index in [0.29, 0.717) is 13.0 Å². The van der Waals surface area contributed by atoms with Crippen LogP contribution < -0.4 is 21.3 Å². The van der Waals surface area contributed by atoms with Crippen molar-refractivity contribution < 1.29 is 9.53 Å². The molecule has 0 aliphatic rings. The number of nitrogens with two attached hydrogens (primary N) is 1. The summed E-state index contributed by atoms with van der Waals surface area (Å²) in [5.74, 6) is 5.31. The van der Waals surface area contributed by atoms with Crippen molar-refractivity contribution in [2.24, 2.45) is 5.84 Å². The van der Waals surface area contributed by atoms with Gasteiger partial charge in [0.1, 0.15) is 12.4 Å². The fourth-order valence-corrected chi connectivity index (χ4v) is 2.95. The number of nitrogens with one attached hydrogen (secondary N) is 2. The van der Waals surface area contributed by atoms with Crippen molar-refractivity contribution in [1.29, 1.82) is 0 Å². The van der Waals surface area contributed by atoms with E-state index in [1.165, 1.54) is 11.1 Å². The molecule has 6 heteroatoms. The molecule has 29 heavy (non-hydrogen) atoms. The monoisotopic (exact) mass is 392 g/mol. The molecule has 0 fully saturated rings. The molecule has 0 atom stereocenters. The van der Waals surface area contributed by atoms with Crippen LogP contribution in [0.5, 0.6) is 5.75 Å². The minimum atomic E-state index is 0.403. The van der Waals surface area contributed by atoms with Crippen LogP contribution in [0.2, 0.25) is 0 Å². The summed E-state index contributed by atoms with van der Waals surface area (Å²) in [4.78, 5) is 13.5. The molecule has 6 nitrogen and oxygen atoms in total. The van der Waals surface area contributed by atoms with Gasteiger partial charge in [0.25, 0.3) is 0 Å². The highest BCUT2D eigenvalue weighted by atomic mass is 16.5.